The third-order valence-electron chi connectivity index (χ3n) is 1.21. The van der Waals surface area contributed by atoms with Gasteiger partial charge in [-0.2, -0.15) is 10.3 Å². The number of allylic oxidation sites excluding steroid dienone is 4. The molecular formula is C7H3Cl2N3. The number of hydrogen-bond donors (Lipinski definition) is 1. The summed E-state index contributed by atoms with van der Waals surface area (Å²) in [6.45, 7) is 0. The number of halogens is 2. The maximum absolute atomic E-state index is 8.24. The molecule has 0 amide bonds. The fraction of sp³-hybridized carbons (Fsp3) is 0. The first-order valence-corrected chi connectivity index (χ1v) is 3.71. The highest BCUT2D eigenvalue weighted by Crippen LogP contribution is 2.18. The average Bonchev–Trinajstić information content (AvgIpc) is 2.01. The molecule has 0 bridgehead atoms. The van der Waals surface area contributed by atoms with Crippen molar-refractivity contribution >= 4 is 34.6 Å². The Bertz CT molecular complexity index is 357. The van der Waals surface area contributed by atoms with Gasteiger partial charge < -0.3 is 0 Å². The monoisotopic (exact) mass is 199 g/mol. The van der Waals surface area contributed by atoms with Crippen LogP contribution >= 0.6 is 23.2 Å². The Hall–Kier alpha value is -1.11. The van der Waals surface area contributed by atoms with Crippen molar-refractivity contribution in [2.75, 3.05) is 0 Å². The molecule has 1 N–H and O–H groups in total. The molecule has 0 spiro atoms. The molecule has 0 aliphatic heterocycles. The molecule has 0 aromatic carbocycles. The van der Waals surface area contributed by atoms with Gasteiger partial charge in [0.15, 0.2) is 0 Å². The quantitative estimate of drug-likeness (QED) is 0.472. The normalized spacial score (nSPS) is 20.1. The molecule has 1 aliphatic rings. The third kappa shape index (κ3) is 1.73. The van der Waals surface area contributed by atoms with Gasteiger partial charge in [0.2, 0.25) is 6.19 Å². The second-order valence-electron chi connectivity index (χ2n) is 2.00. The highest BCUT2D eigenvalue weighted by molar-refractivity contribution is 6.55. The molecular weight excluding hydrogens is 197 g/mol. The second-order valence-corrected chi connectivity index (χ2v) is 2.81. The molecule has 0 unspecified atom stereocenters. The van der Waals surface area contributed by atoms with Crippen LogP contribution in [0.25, 0.3) is 0 Å². The Balaban J connectivity index is 3.11. The zero-order valence-corrected chi connectivity index (χ0v) is 7.32. The first-order chi connectivity index (χ1) is 5.65. The van der Waals surface area contributed by atoms with E-state index in [9.17, 15) is 0 Å². The number of nitrogens with one attached hydrogen (secondary N) is 1. The highest BCUT2D eigenvalue weighted by Gasteiger charge is 2.12. The lowest BCUT2D eigenvalue weighted by Gasteiger charge is -2.05. The van der Waals surface area contributed by atoms with Gasteiger partial charge in [-0.1, -0.05) is 23.2 Å². The van der Waals surface area contributed by atoms with Crippen molar-refractivity contribution in [3.63, 3.8) is 0 Å². The fourth-order valence-corrected chi connectivity index (χ4v) is 1.04. The highest BCUT2D eigenvalue weighted by atomic mass is 35.5. The molecule has 60 valence electrons. The lowest BCUT2D eigenvalue weighted by molar-refractivity contribution is 1.43. The maximum atomic E-state index is 8.24. The van der Waals surface area contributed by atoms with Crippen LogP contribution in [0.5, 0.6) is 0 Å². The first kappa shape index (κ1) is 8.98. The molecule has 0 saturated heterocycles. The van der Waals surface area contributed by atoms with Crippen molar-refractivity contribution < 1.29 is 0 Å². The summed E-state index contributed by atoms with van der Waals surface area (Å²) in [6.07, 6.45) is 4.32. The van der Waals surface area contributed by atoms with Gasteiger partial charge in [-0.3, -0.25) is 5.41 Å². The molecule has 0 fully saturated rings. The summed E-state index contributed by atoms with van der Waals surface area (Å²) in [5, 5.41) is 16.0. The van der Waals surface area contributed by atoms with Crippen molar-refractivity contribution in [3.05, 3.63) is 22.2 Å². The molecule has 3 nitrogen and oxygen atoms in total. The Morgan fingerprint density at radius 1 is 1.33 bits per heavy atom. The van der Waals surface area contributed by atoms with Crippen LogP contribution in [0.3, 0.4) is 0 Å². The Morgan fingerprint density at radius 2 is 2.00 bits per heavy atom. The van der Waals surface area contributed by atoms with Crippen LogP contribution in [-0.4, -0.2) is 11.4 Å². The Labute approximate surface area is 79.1 Å². The number of nitrogens with zero attached hydrogens (tertiary/aromatic N) is 2. The summed E-state index contributed by atoms with van der Waals surface area (Å²) in [5.41, 5.74) is 0.415. The van der Waals surface area contributed by atoms with Crippen LogP contribution in [-0.2, 0) is 0 Å². The molecule has 0 saturated carbocycles. The van der Waals surface area contributed by atoms with Gasteiger partial charge >= 0.3 is 0 Å². The van der Waals surface area contributed by atoms with Crippen LogP contribution < -0.4 is 0 Å². The Kier molecular flexibility index (Phi) is 2.64. The number of rotatable bonds is 0. The summed E-state index contributed by atoms with van der Waals surface area (Å²) in [4.78, 5) is 3.41. The van der Waals surface area contributed by atoms with Crippen LogP contribution in [0.2, 0.25) is 0 Å². The smallest absolute Gasteiger partial charge is 0.206 e. The summed E-state index contributed by atoms with van der Waals surface area (Å²) in [5.74, 6) is 0. The van der Waals surface area contributed by atoms with Crippen molar-refractivity contribution in [2.45, 2.75) is 0 Å². The van der Waals surface area contributed by atoms with E-state index >= 15 is 0 Å². The molecule has 0 heterocycles. The molecule has 5 heteroatoms. The van der Waals surface area contributed by atoms with Gasteiger partial charge in [0, 0.05) is 0 Å². The SMILES string of the molecule is N#C/N=C1\C=C(Cl)C(=N)C=C1Cl. The van der Waals surface area contributed by atoms with E-state index in [0.29, 0.717) is 5.71 Å². The minimum atomic E-state index is 0.124. The van der Waals surface area contributed by atoms with E-state index in [1.807, 2.05) is 0 Å². The summed E-state index contributed by atoms with van der Waals surface area (Å²) < 4.78 is 0. The van der Waals surface area contributed by atoms with Crippen LogP contribution in [0.1, 0.15) is 0 Å². The molecule has 0 aromatic rings. The minimum absolute atomic E-state index is 0.124. The molecule has 1 rings (SSSR count). The van der Waals surface area contributed by atoms with Crippen molar-refractivity contribution in [1.29, 1.82) is 10.7 Å². The van der Waals surface area contributed by atoms with Crippen molar-refractivity contribution in [3.8, 4) is 6.19 Å². The zero-order valence-electron chi connectivity index (χ0n) is 5.81. The Morgan fingerprint density at radius 3 is 2.58 bits per heavy atom. The van der Waals surface area contributed by atoms with Gasteiger partial charge in [0.1, 0.15) is 0 Å². The predicted molar refractivity (Wildman–Crippen MR) is 48.6 cm³/mol. The molecule has 0 radical (unpaired) electrons. The summed E-state index contributed by atoms with van der Waals surface area (Å²) in [7, 11) is 0. The predicted octanol–water partition coefficient (Wildman–Crippen LogP) is 2.19. The molecule has 0 atom stereocenters. The summed E-state index contributed by atoms with van der Waals surface area (Å²) >= 11 is 11.3. The van der Waals surface area contributed by atoms with E-state index in [-0.39, 0.29) is 15.8 Å². The molecule has 1 aliphatic carbocycles. The largest absolute Gasteiger partial charge is 0.299 e. The average molecular weight is 200 g/mol. The maximum Gasteiger partial charge on any atom is 0.206 e. The lowest BCUT2D eigenvalue weighted by Crippen LogP contribution is -2.06. The van der Waals surface area contributed by atoms with Gasteiger partial charge in [-0.15, -0.1) is 0 Å². The number of aliphatic imine (C=N–C) groups is 1. The van der Waals surface area contributed by atoms with Crippen LogP contribution in [0, 0.1) is 16.9 Å². The van der Waals surface area contributed by atoms with Crippen LogP contribution in [0.15, 0.2) is 27.2 Å². The third-order valence-corrected chi connectivity index (χ3v) is 1.82. The second kappa shape index (κ2) is 3.53. The minimum Gasteiger partial charge on any atom is -0.299 e. The fourth-order valence-electron chi connectivity index (χ4n) is 0.676. The number of nitriles is 1. The number of hydrogen-bond acceptors (Lipinski definition) is 3. The first-order valence-electron chi connectivity index (χ1n) is 2.95. The summed E-state index contributed by atoms with van der Waals surface area (Å²) in [6, 6.07) is 0. The topological polar surface area (TPSA) is 60.0 Å². The zero-order chi connectivity index (χ0) is 9.14. The van der Waals surface area contributed by atoms with Gasteiger partial charge in [-0.25, -0.2) is 0 Å². The van der Waals surface area contributed by atoms with Gasteiger partial charge in [0.05, 0.1) is 21.5 Å². The van der Waals surface area contributed by atoms with Gasteiger partial charge in [0.25, 0.3) is 0 Å². The van der Waals surface area contributed by atoms with E-state index in [1.165, 1.54) is 12.2 Å². The molecule has 12 heavy (non-hydrogen) atoms. The van der Waals surface area contributed by atoms with E-state index in [0.717, 1.165) is 0 Å². The van der Waals surface area contributed by atoms with E-state index in [4.69, 9.17) is 33.9 Å². The van der Waals surface area contributed by atoms with E-state index < -0.39 is 0 Å². The standard InChI is InChI=1S/C7H3Cl2N3/c8-4-2-7(12-3-10)5(9)1-6(4)11/h1-2,11H/b11-6?,12-7+. The van der Waals surface area contributed by atoms with Gasteiger partial charge in [-0.05, 0) is 12.2 Å². The van der Waals surface area contributed by atoms with E-state index in [2.05, 4.69) is 4.99 Å². The van der Waals surface area contributed by atoms with E-state index in [1.54, 1.807) is 6.19 Å². The van der Waals surface area contributed by atoms with Crippen LogP contribution in [0.4, 0.5) is 0 Å². The molecule has 0 aromatic heterocycles. The van der Waals surface area contributed by atoms with Crippen molar-refractivity contribution in [1.82, 2.24) is 0 Å². The lowest BCUT2D eigenvalue weighted by atomic mass is 10.1. The van der Waals surface area contributed by atoms with Crippen molar-refractivity contribution in [2.24, 2.45) is 4.99 Å².